The Morgan fingerprint density at radius 1 is 1.60 bits per heavy atom. The lowest BCUT2D eigenvalue weighted by molar-refractivity contribution is 0.101. The molecule has 0 N–H and O–H groups in total. The van der Waals surface area contributed by atoms with E-state index in [1.807, 2.05) is 6.07 Å². The number of halogens is 1. The number of ketones is 1. The van der Waals surface area contributed by atoms with E-state index in [2.05, 4.69) is 15.9 Å². The molecule has 0 spiro atoms. The molecule has 4 heteroatoms. The summed E-state index contributed by atoms with van der Waals surface area (Å²) in [6.07, 6.45) is 0.617. The molecule has 0 amide bonds. The first-order valence-corrected chi connectivity index (χ1v) is 5.36. The van der Waals surface area contributed by atoms with Crippen molar-refractivity contribution in [3.05, 3.63) is 34.4 Å². The fourth-order valence-electron chi connectivity index (χ4n) is 1.34. The van der Waals surface area contributed by atoms with Crippen LogP contribution in [0.3, 0.4) is 0 Å². The highest BCUT2D eigenvalue weighted by atomic mass is 79.9. The smallest absolute Gasteiger partial charge is 0.175 e. The standard InChI is InChI=1S/C11H8BrNO2/c1-7-2-3-8(5-13)11(9(7)6-14)10(15)4-12/h2-3,6H,4H2,1H3. The van der Waals surface area contributed by atoms with E-state index in [1.165, 1.54) is 0 Å². The number of aryl methyl sites for hydroxylation is 1. The zero-order chi connectivity index (χ0) is 11.4. The SMILES string of the molecule is Cc1ccc(C#N)c(C(=O)CBr)c1C=O. The third-order valence-corrected chi connectivity index (χ3v) is 2.61. The molecule has 1 rings (SSSR count). The number of rotatable bonds is 3. The molecule has 0 unspecified atom stereocenters. The zero-order valence-corrected chi connectivity index (χ0v) is 9.67. The van der Waals surface area contributed by atoms with Gasteiger partial charge in [-0.15, -0.1) is 0 Å². The molecule has 1 aromatic carbocycles. The molecule has 0 aliphatic heterocycles. The second kappa shape index (κ2) is 4.85. The predicted octanol–water partition coefficient (Wildman–Crippen LogP) is 2.26. The molecule has 15 heavy (non-hydrogen) atoms. The van der Waals surface area contributed by atoms with Crippen molar-refractivity contribution in [3.63, 3.8) is 0 Å². The summed E-state index contributed by atoms with van der Waals surface area (Å²) in [6, 6.07) is 5.13. The second-order valence-electron chi connectivity index (χ2n) is 3.01. The van der Waals surface area contributed by atoms with E-state index in [1.54, 1.807) is 19.1 Å². The Morgan fingerprint density at radius 3 is 2.73 bits per heavy atom. The maximum atomic E-state index is 11.6. The van der Waals surface area contributed by atoms with Crippen LogP contribution >= 0.6 is 15.9 Å². The zero-order valence-electron chi connectivity index (χ0n) is 8.08. The van der Waals surface area contributed by atoms with Gasteiger partial charge in [0.05, 0.1) is 17.0 Å². The maximum Gasteiger partial charge on any atom is 0.175 e. The number of carbonyl (C=O) groups is 2. The highest BCUT2D eigenvalue weighted by Crippen LogP contribution is 2.18. The van der Waals surface area contributed by atoms with Crippen molar-refractivity contribution in [2.24, 2.45) is 0 Å². The van der Waals surface area contributed by atoms with Crippen LogP contribution in [0.4, 0.5) is 0 Å². The number of hydrogen-bond acceptors (Lipinski definition) is 3. The summed E-state index contributed by atoms with van der Waals surface area (Å²) in [5, 5.41) is 8.94. The number of aldehydes is 1. The third kappa shape index (κ3) is 2.13. The number of nitriles is 1. The lowest BCUT2D eigenvalue weighted by Gasteiger charge is -2.06. The van der Waals surface area contributed by atoms with Crippen LogP contribution in [0.2, 0.25) is 0 Å². The van der Waals surface area contributed by atoms with Crippen molar-refractivity contribution in [2.75, 3.05) is 5.33 Å². The number of Topliss-reactive ketones (excluding diaryl/α,β-unsaturated/α-hetero) is 1. The molecule has 0 radical (unpaired) electrons. The predicted molar refractivity (Wildman–Crippen MR) is 59.4 cm³/mol. The van der Waals surface area contributed by atoms with Crippen LogP contribution in [0.1, 0.15) is 31.8 Å². The first-order chi connectivity index (χ1) is 7.15. The molecule has 0 atom stereocenters. The van der Waals surface area contributed by atoms with Crippen LogP contribution < -0.4 is 0 Å². The number of alkyl halides is 1. The molecule has 0 bridgehead atoms. The Labute approximate surface area is 95.8 Å². The van der Waals surface area contributed by atoms with E-state index in [4.69, 9.17) is 5.26 Å². The largest absolute Gasteiger partial charge is 0.298 e. The van der Waals surface area contributed by atoms with Crippen LogP contribution in [0.25, 0.3) is 0 Å². The van der Waals surface area contributed by atoms with Gasteiger partial charge in [-0.2, -0.15) is 5.26 Å². The Morgan fingerprint density at radius 2 is 2.27 bits per heavy atom. The van der Waals surface area contributed by atoms with Gasteiger partial charge in [-0.05, 0) is 18.6 Å². The van der Waals surface area contributed by atoms with Gasteiger partial charge in [0.15, 0.2) is 12.1 Å². The molecule has 0 saturated heterocycles. The van der Waals surface area contributed by atoms with Crippen LogP contribution in [-0.4, -0.2) is 17.4 Å². The molecule has 1 aromatic rings. The van der Waals surface area contributed by atoms with Crippen LogP contribution in [-0.2, 0) is 0 Å². The summed E-state index contributed by atoms with van der Waals surface area (Å²) in [4.78, 5) is 22.4. The molecule has 0 heterocycles. The molecular weight excluding hydrogens is 258 g/mol. The van der Waals surface area contributed by atoms with Crippen LogP contribution in [0.15, 0.2) is 12.1 Å². The van der Waals surface area contributed by atoms with Crippen LogP contribution in [0, 0.1) is 18.3 Å². The van der Waals surface area contributed by atoms with E-state index in [0.29, 0.717) is 17.4 Å². The molecular formula is C11H8BrNO2. The summed E-state index contributed by atoms with van der Waals surface area (Å²) in [7, 11) is 0. The summed E-state index contributed by atoms with van der Waals surface area (Å²) in [5.74, 6) is -0.252. The van der Waals surface area contributed by atoms with Gasteiger partial charge in [-0.3, -0.25) is 9.59 Å². The highest BCUT2D eigenvalue weighted by molar-refractivity contribution is 9.09. The molecule has 0 aliphatic rings. The minimum Gasteiger partial charge on any atom is -0.298 e. The summed E-state index contributed by atoms with van der Waals surface area (Å²) >= 11 is 3.03. The Kier molecular flexibility index (Phi) is 3.75. The minimum absolute atomic E-state index is 0.103. The third-order valence-electron chi connectivity index (χ3n) is 2.10. The van der Waals surface area contributed by atoms with Gasteiger partial charge in [-0.1, -0.05) is 22.0 Å². The normalized spacial score (nSPS) is 9.40. The second-order valence-corrected chi connectivity index (χ2v) is 3.57. The Balaban J connectivity index is 3.56. The van der Waals surface area contributed by atoms with Gasteiger partial charge in [0.1, 0.15) is 0 Å². The van der Waals surface area contributed by atoms with Crippen molar-refractivity contribution in [1.29, 1.82) is 5.26 Å². The topological polar surface area (TPSA) is 57.9 Å². The van der Waals surface area contributed by atoms with Crippen molar-refractivity contribution in [1.82, 2.24) is 0 Å². The van der Waals surface area contributed by atoms with Gasteiger partial charge >= 0.3 is 0 Å². The average molecular weight is 266 g/mol. The first kappa shape index (κ1) is 11.6. The highest BCUT2D eigenvalue weighted by Gasteiger charge is 2.16. The van der Waals surface area contributed by atoms with Crippen molar-refractivity contribution < 1.29 is 9.59 Å². The van der Waals surface area contributed by atoms with Gasteiger partial charge in [0, 0.05) is 11.1 Å². The van der Waals surface area contributed by atoms with Gasteiger partial charge < -0.3 is 0 Å². The quantitative estimate of drug-likeness (QED) is 0.479. The average Bonchev–Trinajstić information content (AvgIpc) is 2.27. The summed E-state index contributed by atoms with van der Waals surface area (Å²) < 4.78 is 0. The Bertz CT molecular complexity index is 460. The van der Waals surface area contributed by atoms with Crippen molar-refractivity contribution in [3.8, 4) is 6.07 Å². The van der Waals surface area contributed by atoms with E-state index < -0.39 is 0 Å². The number of nitrogens with zero attached hydrogens (tertiary/aromatic N) is 1. The van der Waals surface area contributed by atoms with Gasteiger partial charge in [0.25, 0.3) is 0 Å². The van der Waals surface area contributed by atoms with Gasteiger partial charge in [0.2, 0.25) is 0 Å². The molecule has 3 nitrogen and oxygen atoms in total. The number of carbonyl (C=O) groups excluding carboxylic acids is 2. The number of hydrogen-bond donors (Lipinski definition) is 0. The fraction of sp³-hybridized carbons (Fsp3) is 0.182. The molecule has 0 aromatic heterocycles. The maximum absolute atomic E-state index is 11.6. The fourth-order valence-corrected chi connectivity index (χ4v) is 1.62. The lowest BCUT2D eigenvalue weighted by atomic mass is 9.95. The Hall–Kier alpha value is -1.47. The monoisotopic (exact) mass is 265 g/mol. The molecule has 76 valence electrons. The number of benzene rings is 1. The molecule has 0 fully saturated rings. The van der Waals surface area contributed by atoms with E-state index in [0.717, 1.165) is 0 Å². The van der Waals surface area contributed by atoms with E-state index in [9.17, 15) is 9.59 Å². The van der Waals surface area contributed by atoms with Gasteiger partial charge in [-0.25, -0.2) is 0 Å². The summed E-state index contributed by atoms with van der Waals surface area (Å²) in [5.41, 5.74) is 1.46. The van der Waals surface area contributed by atoms with Crippen molar-refractivity contribution in [2.45, 2.75) is 6.92 Å². The van der Waals surface area contributed by atoms with Crippen molar-refractivity contribution >= 4 is 28.0 Å². The minimum atomic E-state index is -0.252. The molecule has 0 saturated carbocycles. The van der Waals surface area contributed by atoms with E-state index in [-0.39, 0.29) is 22.2 Å². The first-order valence-electron chi connectivity index (χ1n) is 4.23. The van der Waals surface area contributed by atoms with E-state index >= 15 is 0 Å². The van der Waals surface area contributed by atoms with Crippen LogP contribution in [0.5, 0.6) is 0 Å². The lowest BCUT2D eigenvalue weighted by Crippen LogP contribution is -2.09. The molecule has 0 aliphatic carbocycles. The summed E-state index contributed by atoms with van der Waals surface area (Å²) in [6.45, 7) is 1.73.